The van der Waals surface area contributed by atoms with Crippen LogP contribution in [0, 0.1) is 0 Å². The van der Waals surface area contributed by atoms with Crippen LogP contribution in [0.15, 0.2) is 59.6 Å². The summed E-state index contributed by atoms with van der Waals surface area (Å²) in [7, 11) is -4.41. The van der Waals surface area contributed by atoms with Gasteiger partial charge in [0.15, 0.2) is 5.75 Å². The van der Waals surface area contributed by atoms with Gasteiger partial charge in [0.25, 0.3) is 15.9 Å². The second-order valence-electron chi connectivity index (χ2n) is 9.67. The van der Waals surface area contributed by atoms with Crippen molar-refractivity contribution in [3.8, 4) is 5.75 Å². The predicted molar refractivity (Wildman–Crippen MR) is 143 cm³/mol. The monoisotopic (exact) mass is 608 g/mol. The van der Waals surface area contributed by atoms with Crippen LogP contribution < -0.4 is 9.46 Å². The molecule has 2 aromatic carbocycles. The summed E-state index contributed by atoms with van der Waals surface area (Å²) in [6.45, 7) is 1.63. The quantitative estimate of drug-likeness (QED) is 0.445. The summed E-state index contributed by atoms with van der Waals surface area (Å²) in [6.07, 6.45) is -3.28. The fraction of sp³-hybridized carbons (Fsp3) is 0.370. The number of rotatable bonds is 6. The first kappa shape index (κ1) is 29.4. The lowest BCUT2D eigenvalue weighted by Gasteiger charge is -2.35. The van der Waals surface area contributed by atoms with Gasteiger partial charge in [0.05, 0.1) is 24.4 Å². The summed E-state index contributed by atoms with van der Waals surface area (Å²) in [5, 5.41) is 0.519. The number of ether oxygens (including phenoxy) is 3. The minimum atomic E-state index is -5.17. The van der Waals surface area contributed by atoms with Crippen LogP contribution in [0.25, 0.3) is 10.9 Å². The van der Waals surface area contributed by atoms with Gasteiger partial charge in [-0.2, -0.15) is 0 Å². The highest BCUT2D eigenvalue weighted by Crippen LogP contribution is 2.34. The van der Waals surface area contributed by atoms with Crippen molar-refractivity contribution in [2.24, 2.45) is 0 Å². The molecule has 11 nitrogen and oxygen atoms in total. The molecule has 3 heterocycles. The van der Waals surface area contributed by atoms with Gasteiger partial charge >= 0.3 is 12.5 Å². The summed E-state index contributed by atoms with van der Waals surface area (Å²) < 4.78 is 83.3. The van der Waals surface area contributed by atoms with Crippen LogP contribution in [-0.4, -0.2) is 87.1 Å². The molecular weight excluding hydrogens is 581 g/mol. The number of alkyl halides is 3. The molecule has 1 aromatic heterocycles. The lowest BCUT2D eigenvalue weighted by atomic mass is 10.1. The standard InChI is InChI=1S/C27H27F3N4O7S/c28-27(29,30)41-22-17-19(25(35)33-11-13-34(14-12-33)26(36)40-20-8-15-39-16-9-20)6-7-21(22)32-42(37,38)23-5-1-3-18-4-2-10-31-24(18)23/h1-7,10,17,20,32H,8-9,11-16H2. The minimum Gasteiger partial charge on any atom is -0.446 e. The predicted octanol–water partition coefficient (Wildman–Crippen LogP) is 4.01. The van der Waals surface area contributed by atoms with Gasteiger partial charge in [-0.25, -0.2) is 13.2 Å². The first-order chi connectivity index (χ1) is 20.0. The third-order valence-corrected chi connectivity index (χ3v) is 8.24. The molecule has 15 heteroatoms. The van der Waals surface area contributed by atoms with E-state index in [4.69, 9.17) is 9.47 Å². The Labute approximate surface area is 239 Å². The van der Waals surface area contributed by atoms with E-state index in [0.29, 0.717) is 31.4 Å². The van der Waals surface area contributed by atoms with E-state index in [1.165, 1.54) is 34.2 Å². The van der Waals surface area contributed by atoms with Gasteiger partial charge in [0.1, 0.15) is 11.0 Å². The smallest absolute Gasteiger partial charge is 0.446 e. The van der Waals surface area contributed by atoms with E-state index in [0.717, 1.165) is 12.1 Å². The van der Waals surface area contributed by atoms with E-state index in [9.17, 15) is 31.2 Å². The second-order valence-corrected chi connectivity index (χ2v) is 11.3. The first-order valence-corrected chi connectivity index (χ1v) is 14.6. The number of hydrogen-bond acceptors (Lipinski definition) is 8. The number of amides is 2. The van der Waals surface area contributed by atoms with Crippen LogP contribution >= 0.6 is 0 Å². The minimum absolute atomic E-state index is 0.125. The number of nitrogens with one attached hydrogen (secondary N) is 1. The van der Waals surface area contributed by atoms with Gasteiger partial charge in [-0.3, -0.25) is 14.5 Å². The maximum absolute atomic E-state index is 13.3. The number of aromatic nitrogens is 1. The number of pyridine rings is 1. The summed E-state index contributed by atoms with van der Waals surface area (Å²) in [5.74, 6) is -1.50. The number of anilines is 1. The zero-order valence-electron chi connectivity index (χ0n) is 22.2. The summed E-state index contributed by atoms with van der Waals surface area (Å²) >= 11 is 0. The molecule has 2 amide bonds. The van der Waals surface area contributed by atoms with Crippen molar-refractivity contribution in [1.82, 2.24) is 14.8 Å². The normalized spacial score (nSPS) is 16.7. The Morgan fingerprint density at radius 2 is 1.67 bits per heavy atom. The zero-order chi connectivity index (χ0) is 29.9. The van der Waals surface area contributed by atoms with Crippen LogP contribution in [0.5, 0.6) is 5.75 Å². The van der Waals surface area contributed by atoms with Gasteiger partial charge in [-0.1, -0.05) is 18.2 Å². The van der Waals surface area contributed by atoms with E-state index in [1.54, 1.807) is 18.2 Å². The molecule has 42 heavy (non-hydrogen) atoms. The third-order valence-electron chi connectivity index (χ3n) is 6.84. The van der Waals surface area contributed by atoms with Crippen molar-refractivity contribution in [3.63, 3.8) is 0 Å². The molecule has 0 aliphatic carbocycles. The van der Waals surface area contributed by atoms with Crippen LogP contribution in [0.1, 0.15) is 23.2 Å². The van der Waals surface area contributed by atoms with Crippen molar-refractivity contribution in [3.05, 3.63) is 60.3 Å². The highest BCUT2D eigenvalue weighted by molar-refractivity contribution is 7.93. The lowest BCUT2D eigenvalue weighted by Crippen LogP contribution is -2.51. The summed E-state index contributed by atoms with van der Waals surface area (Å²) in [6, 6.07) is 10.7. The zero-order valence-corrected chi connectivity index (χ0v) is 23.0. The molecule has 3 aromatic rings. The lowest BCUT2D eigenvalue weighted by molar-refractivity contribution is -0.274. The Morgan fingerprint density at radius 3 is 2.38 bits per heavy atom. The van der Waals surface area contributed by atoms with Crippen molar-refractivity contribution in [1.29, 1.82) is 0 Å². The molecule has 2 aliphatic rings. The molecule has 0 radical (unpaired) electrons. The van der Waals surface area contributed by atoms with Crippen molar-refractivity contribution < 1.29 is 45.4 Å². The second kappa shape index (κ2) is 12.0. The first-order valence-electron chi connectivity index (χ1n) is 13.1. The SMILES string of the molecule is O=C(OC1CCOCC1)N1CCN(C(=O)c2ccc(NS(=O)(=O)c3cccc4cccnc34)c(OC(F)(F)F)c2)CC1. The molecule has 1 N–H and O–H groups in total. The number of halogens is 3. The molecule has 0 bridgehead atoms. The number of piperazine rings is 1. The van der Waals surface area contributed by atoms with E-state index >= 15 is 0 Å². The van der Waals surface area contributed by atoms with E-state index in [1.807, 2.05) is 0 Å². The Bertz CT molecular complexity index is 1570. The van der Waals surface area contributed by atoms with Crippen LogP contribution in [-0.2, 0) is 19.5 Å². The largest absolute Gasteiger partial charge is 0.573 e. The van der Waals surface area contributed by atoms with E-state index < -0.39 is 39.8 Å². The van der Waals surface area contributed by atoms with Crippen molar-refractivity contribution in [2.75, 3.05) is 44.1 Å². The Morgan fingerprint density at radius 1 is 0.976 bits per heavy atom. The van der Waals surface area contributed by atoms with Gasteiger partial charge in [0, 0.05) is 56.2 Å². The molecule has 0 atom stereocenters. The number of benzene rings is 2. The Balaban J connectivity index is 1.31. The average molecular weight is 609 g/mol. The molecule has 5 rings (SSSR count). The molecule has 2 saturated heterocycles. The Kier molecular flexibility index (Phi) is 8.41. The topological polar surface area (TPSA) is 127 Å². The number of sulfonamides is 1. The molecule has 2 fully saturated rings. The van der Waals surface area contributed by atoms with E-state index in [-0.39, 0.29) is 48.3 Å². The van der Waals surface area contributed by atoms with Gasteiger partial charge < -0.3 is 24.0 Å². The van der Waals surface area contributed by atoms with Crippen LogP contribution in [0.3, 0.4) is 0 Å². The number of hydrogen-bond donors (Lipinski definition) is 1. The van der Waals surface area contributed by atoms with Gasteiger partial charge in [0.2, 0.25) is 0 Å². The number of carbonyl (C=O) groups excluding carboxylic acids is 2. The van der Waals surface area contributed by atoms with Gasteiger partial charge in [-0.05, 0) is 30.3 Å². The molecule has 0 saturated carbocycles. The molecular formula is C27H27F3N4O7S. The molecule has 0 unspecified atom stereocenters. The van der Waals surface area contributed by atoms with Crippen LogP contribution in [0.2, 0.25) is 0 Å². The number of nitrogens with zero attached hydrogens (tertiary/aromatic N) is 3. The Hall–Kier alpha value is -4.11. The highest BCUT2D eigenvalue weighted by Gasteiger charge is 2.34. The molecule has 2 aliphatic heterocycles. The summed E-state index contributed by atoms with van der Waals surface area (Å²) in [5.41, 5.74) is -0.534. The van der Waals surface area contributed by atoms with Gasteiger partial charge in [-0.15, -0.1) is 13.2 Å². The summed E-state index contributed by atoms with van der Waals surface area (Å²) in [4.78, 5) is 32.4. The number of carbonyl (C=O) groups is 2. The number of para-hydroxylation sites is 1. The fourth-order valence-corrected chi connectivity index (χ4v) is 5.98. The molecule has 0 spiro atoms. The van der Waals surface area contributed by atoms with Crippen molar-refractivity contribution in [2.45, 2.75) is 30.2 Å². The maximum Gasteiger partial charge on any atom is 0.573 e. The third kappa shape index (κ3) is 6.85. The van der Waals surface area contributed by atoms with Crippen molar-refractivity contribution >= 4 is 38.6 Å². The fourth-order valence-electron chi connectivity index (χ4n) is 4.73. The highest BCUT2D eigenvalue weighted by atomic mass is 32.2. The van der Waals surface area contributed by atoms with Crippen LogP contribution in [0.4, 0.5) is 23.7 Å². The average Bonchev–Trinajstić information content (AvgIpc) is 2.97. The molecule has 224 valence electrons. The number of fused-ring (bicyclic) bond motifs is 1. The van der Waals surface area contributed by atoms with E-state index in [2.05, 4.69) is 14.4 Å². The maximum atomic E-state index is 13.3.